The van der Waals surface area contributed by atoms with E-state index >= 15 is 0 Å². The second-order valence-electron chi connectivity index (χ2n) is 7.80. The SMILES string of the molecule is CCc1cccc2c([C@H](CC(=O)N3CCOCC3)c3ccc(OC)cc3OC)c[nH]c12. The van der Waals surface area contributed by atoms with Crippen molar-refractivity contribution in [2.45, 2.75) is 25.7 Å². The molecule has 0 aliphatic carbocycles. The lowest BCUT2D eigenvalue weighted by molar-refractivity contribution is -0.135. The van der Waals surface area contributed by atoms with E-state index in [1.165, 1.54) is 5.56 Å². The van der Waals surface area contributed by atoms with Crippen LogP contribution in [0.15, 0.2) is 42.6 Å². The van der Waals surface area contributed by atoms with Crippen LogP contribution < -0.4 is 9.47 Å². The van der Waals surface area contributed by atoms with Crippen molar-refractivity contribution < 1.29 is 19.0 Å². The van der Waals surface area contributed by atoms with E-state index in [4.69, 9.17) is 14.2 Å². The van der Waals surface area contributed by atoms with Gasteiger partial charge in [-0.25, -0.2) is 0 Å². The zero-order chi connectivity index (χ0) is 21.8. The summed E-state index contributed by atoms with van der Waals surface area (Å²) in [5.41, 5.74) is 4.49. The molecule has 164 valence electrons. The van der Waals surface area contributed by atoms with Crippen molar-refractivity contribution in [3.05, 3.63) is 59.3 Å². The number of nitrogens with one attached hydrogen (secondary N) is 1. The molecule has 2 aromatic carbocycles. The van der Waals surface area contributed by atoms with Gasteiger partial charge in [-0.15, -0.1) is 0 Å². The number of para-hydroxylation sites is 1. The van der Waals surface area contributed by atoms with E-state index < -0.39 is 0 Å². The summed E-state index contributed by atoms with van der Waals surface area (Å²) < 4.78 is 16.5. The largest absolute Gasteiger partial charge is 0.497 e. The van der Waals surface area contributed by atoms with Gasteiger partial charge in [0.25, 0.3) is 0 Å². The number of hydrogen-bond acceptors (Lipinski definition) is 4. The molecule has 1 atom stereocenters. The predicted molar refractivity (Wildman–Crippen MR) is 121 cm³/mol. The van der Waals surface area contributed by atoms with Crippen molar-refractivity contribution in [2.24, 2.45) is 0 Å². The summed E-state index contributed by atoms with van der Waals surface area (Å²) in [7, 11) is 3.30. The van der Waals surface area contributed by atoms with Crippen LogP contribution in [0.5, 0.6) is 11.5 Å². The molecular formula is C25H30N2O4. The van der Waals surface area contributed by atoms with Gasteiger partial charge in [0.2, 0.25) is 5.91 Å². The number of aryl methyl sites for hydroxylation is 1. The summed E-state index contributed by atoms with van der Waals surface area (Å²) in [5, 5.41) is 1.15. The third-order valence-corrected chi connectivity index (χ3v) is 6.15. The molecule has 1 fully saturated rings. The first kappa shape index (κ1) is 21.2. The zero-order valence-corrected chi connectivity index (χ0v) is 18.4. The van der Waals surface area contributed by atoms with Gasteiger partial charge in [0.15, 0.2) is 0 Å². The molecule has 0 saturated carbocycles. The van der Waals surface area contributed by atoms with E-state index in [1.54, 1.807) is 14.2 Å². The van der Waals surface area contributed by atoms with Crippen molar-refractivity contribution in [3.8, 4) is 11.5 Å². The van der Waals surface area contributed by atoms with E-state index in [-0.39, 0.29) is 11.8 Å². The number of morpholine rings is 1. The van der Waals surface area contributed by atoms with Crippen LogP contribution in [0, 0.1) is 0 Å². The highest BCUT2D eigenvalue weighted by Crippen LogP contribution is 2.40. The average Bonchev–Trinajstić information content (AvgIpc) is 3.26. The molecule has 31 heavy (non-hydrogen) atoms. The number of aromatic amines is 1. The monoisotopic (exact) mass is 422 g/mol. The normalized spacial score (nSPS) is 15.1. The lowest BCUT2D eigenvalue weighted by Gasteiger charge is -2.29. The molecule has 1 aromatic heterocycles. The molecule has 1 aliphatic rings. The average molecular weight is 423 g/mol. The summed E-state index contributed by atoms with van der Waals surface area (Å²) in [6.45, 7) is 4.62. The maximum atomic E-state index is 13.3. The first-order valence-corrected chi connectivity index (χ1v) is 10.8. The van der Waals surface area contributed by atoms with Gasteiger partial charge in [-0.1, -0.05) is 31.2 Å². The number of fused-ring (bicyclic) bond motifs is 1. The fourth-order valence-electron chi connectivity index (χ4n) is 4.43. The summed E-state index contributed by atoms with van der Waals surface area (Å²) in [6.07, 6.45) is 3.36. The molecule has 1 aliphatic heterocycles. The van der Waals surface area contributed by atoms with Gasteiger partial charge in [0.1, 0.15) is 11.5 Å². The molecule has 0 unspecified atom stereocenters. The maximum Gasteiger partial charge on any atom is 0.223 e. The number of benzene rings is 2. The first-order valence-electron chi connectivity index (χ1n) is 10.8. The summed E-state index contributed by atoms with van der Waals surface area (Å²) in [4.78, 5) is 18.6. The number of hydrogen-bond donors (Lipinski definition) is 1. The molecule has 4 rings (SSSR count). The molecule has 3 aromatic rings. The number of amides is 1. The minimum Gasteiger partial charge on any atom is -0.497 e. The Balaban J connectivity index is 1.79. The van der Waals surface area contributed by atoms with Crippen LogP contribution in [-0.2, 0) is 16.0 Å². The van der Waals surface area contributed by atoms with Gasteiger partial charge in [0, 0.05) is 54.2 Å². The van der Waals surface area contributed by atoms with E-state index in [2.05, 4.69) is 30.1 Å². The number of carbonyl (C=O) groups excluding carboxylic acids is 1. The van der Waals surface area contributed by atoms with Gasteiger partial charge < -0.3 is 24.1 Å². The molecule has 0 bridgehead atoms. The van der Waals surface area contributed by atoms with E-state index in [9.17, 15) is 4.79 Å². The molecule has 0 radical (unpaired) electrons. The quantitative estimate of drug-likeness (QED) is 0.622. The molecule has 1 saturated heterocycles. The van der Waals surface area contributed by atoms with E-state index in [0.29, 0.717) is 32.7 Å². The van der Waals surface area contributed by atoms with Gasteiger partial charge in [0.05, 0.1) is 27.4 Å². The van der Waals surface area contributed by atoms with Crippen molar-refractivity contribution in [1.29, 1.82) is 0 Å². The Morgan fingerprint density at radius 2 is 1.94 bits per heavy atom. The van der Waals surface area contributed by atoms with Crippen LogP contribution in [0.3, 0.4) is 0 Å². The van der Waals surface area contributed by atoms with Gasteiger partial charge in [-0.3, -0.25) is 4.79 Å². The number of rotatable bonds is 7. The summed E-state index contributed by atoms with van der Waals surface area (Å²) >= 11 is 0. The van der Waals surface area contributed by atoms with Crippen molar-refractivity contribution >= 4 is 16.8 Å². The summed E-state index contributed by atoms with van der Waals surface area (Å²) in [6, 6.07) is 12.2. The minimum atomic E-state index is -0.142. The van der Waals surface area contributed by atoms with Crippen LogP contribution in [0.1, 0.15) is 36.0 Å². The molecule has 1 amide bonds. The fourth-order valence-corrected chi connectivity index (χ4v) is 4.43. The fraction of sp³-hybridized carbons (Fsp3) is 0.400. The smallest absolute Gasteiger partial charge is 0.223 e. The van der Waals surface area contributed by atoms with Crippen LogP contribution in [0.2, 0.25) is 0 Å². The van der Waals surface area contributed by atoms with Gasteiger partial charge in [-0.05, 0) is 23.6 Å². The number of aromatic nitrogens is 1. The van der Waals surface area contributed by atoms with Crippen molar-refractivity contribution in [2.75, 3.05) is 40.5 Å². The van der Waals surface area contributed by atoms with E-state index in [1.807, 2.05) is 29.3 Å². The van der Waals surface area contributed by atoms with Crippen LogP contribution >= 0.6 is 0 Å². The number of ether oxygens (including phenoxy) is 3. The number of nitrogens with zero attached hydrogens (tertiary/aromatic N) is 1. The lowest BCUT2D eigenvalue weighted by atomic mass is 9.86. The number of carbonyl (C=O) groups is 1. The molecule has 0 spiro atoms. The predicted octanol–water partition coefficient (Wildman–Crippen LogP) is 4.13. The second kappa shape index (κ2) is 9.43. The van der Waals surface area contributed by atoms with Crippen LogP contribution in [-0.4, -0.2) is 56.3 Å². The topological polar surface area (TPSA) is 63.8 Å². The Kier molecular flexibility index (Phi) is 6.47. The highest BCUT2D eigenvalue weighted by Gasteiger charge is 2.28. The third-order valence-electron chi connectivity index (χ3n) is 6.15. The number of methoxy groups -OCH3 is 2. The molecule has 1 N–H and O–H groups in total. The Morgan fingerprint density at radius 1 is 1.13 bits per heavy atom. The molecule has 2 heterocycles. The molecular weight excluding hydrogens is 392 g/mol. The Labute approximate surface area is 183 Å². The lowest BCUT2D eigenvalue weighted by Crippen LogP contribution is -2.41. The van der Waals surface area contributed by atoms with Crippen LogP contribution in [0.25, 0.3) is 10.9 Å². The second-order valence-corrected chi connectivity index (χ2v) is 7.80. The maximum absolute atomic E-state index is 13.3. The van der Waals surface area contributed by atoms with Gasteiger partial charge >= 0.3 is 0 Å². The molecule has 6 heteroatoms. The molecule has 6 nitrogen and oxygen atoms in total. The third kappa shape index (κ3) is 4.26. The highest BCUT2D eigenvalue weighted by molar-refractivity contribution is 5.88. The van der Waals surface area contributed by atoms with Crippen LogP contribution in [0.4, 0.5) is 0 Å². The van der Waals surface area contributed by atoms with Gasteiger partial charge in [-0.2, -0.15) is 0 Å². The van der Waals surface area contributed by atoms with E-state index in [0.717, 1.165) is 39.9 Å². The Bertz CT molecular complexity index is 1050. The first-order chi connectivity index (χ1) is 15.2. The van der Waals surface area contributed by atoms with Crippen molar-refractivity contribution in [1.82, 2.24) is 9.88 Å². The minimum absolute atomic E-state index is 0.132. The Morgan fingerprint density at radius 3 is 2.65 bits per heavy atom. The Hall–Kier alpha value is -2.99. The zero-order valence-electron chi connectivity index (χ0n) is 18.4. The summed E-state index contributed by atoms with van der Waals surface area (Å²) in [5.74, 6) is 1.44. The van der Waals surface area contributed by atoms with Crippen molar-refractivity contribution in [3.63, 3.8) is 0 Å². The standard InChI is InChI=1S/C25H30N2O4/c1-4-17-6-5-7-20-22(16-26-25(17)20)21(15-24(28)27-10-12-31-13-11-27)19-9-8-18(29-2)14-23(19)30-3/h5-9,14,16,21,26H,4,10-13,15H2,1-3H3/t21-/m1/s1. The highest BCUT2D eigenvalue weighted by atomic mass is 16.5. The number of H-pyrrole nitrogens is 1.